The van der Waals surface area contributed by atoms with Gasteiger partial charge in [0, 0.05) is 36.8 Å². The number of rotatable bonds is 1. The lowest BCUT2D eigenvalue weighted by Crippen LogP contribution is -2.52. The molecule has 1 atom stereocenters. The van der Waals surface area contributed by atoms with Crippen molar-refractivity contribution in [1.82, 2.24) is 10.2 Å². The van der Waals surface area contributed by atoms with Crippen molar-refractivity contribution >= 4 is 5.91 Å². The molecule has 0 aliphatic carbocycles. The summed E-state index contributed by atoms with van der Waals surface area (Å²) in [5.74, 6) is 0.186. The molecular formula is C13H18N2O2. The lowest BCUT2D eigenvalue weighted by atomic mass is 10.0. The van der Waals surface area contributed by atoms with Crippen LogP contribution in [0.2, 0.25) is 0 Å². The van der Waals surface area contributed by atoms with Crippen molar-refractivity contribution in [1.29, 1.82) is 0 Å². The number of hydrogen-bond donors (Lipinski definition) is 2. The van der Waals surface area contributed by atoms with Gasteiger partial charge in [0.1, 0.15) is 5.75 Å². The fourth-order valence-corrected chi connectivity index (χ4v) is 2.15. The SMILES string of the molecule is Cc1c(O)cccc1C(=O)N1CCNC[C@@H]1C. The van der Waals surface area contributed by atoms with Crippen LogP contribution < -0.4 is 5.32 Å². The van der Waals surface area contributed by atoms with E-state index in [9.17, 15) is 9.90 Å². The lowest BCUT2D eigenvalue weighted by molar-refractivity contribution is 0.0654. The minimum absolute atomic E-state index is 0.00685. The standard InChI is InChI=1S/C13H18N2O2/c1-9-8-14-6-7-15(9)13(17)11-4-3-5-12(16)10(11)2/h3-5,9,14,16H,6-8H2,1-2H3/t9-/m0/s1. The molecule has 1 heterocycles. The average Bonchev–Trinajstić information content (AvgIpc) is 2.32. The zero-order chi connectivity index (χ0) is 12.4. The van der Waals surface area contributed by atoms with Gasteiger partial charge in [0.15, 0.2) is 0 Å². The van der Waals surface area contributed by atoms with Crippen molar-refractivity contribution in [2.75, 3.05) is 19.6 Å². The topological polar surface area (TPSA) is 52.6 Å². The Morgan fingerprint density at radius 2 is 2.29 bits per heavy atom. The summed E-state index contributed by atoms with van der Waals surface area (Å²) in [4.78, 5) is 14.2. The van der Waals surface area contributed by atoms with Gasteiger partial charge in [0.2, 0.25) is 0 Å². The number of piperazine rings is 1. The second-order valence-electron chi connectivity index (χ2n) is 4.50. The highest BCUT2D eigenvalue weighted by Gasteiger charge is 2.25. The zero-order valence-electron chi connectivity index (χ0n) is 10.2. The molecule has 0 saturated carbocycles. The van der Waals surface area contributed by atoms with Gasteiger partial charge in [-0.15, -0.1) is 0 Å². The molecule has 92 valence electrons. The van der Waals surface area contributed by atoms with E-state index in [0.29, 0.717) is 11.1 Å². The van der Waals surface area contributed by atoms with Gasteiger partial charge in [0.25, 0.3) is 5.91 Å². The third-order valence-corrected chi connectivity index (χ3v) is 3.30. The van der Waals surface area contributed by atoms with E-state index in [0.717, 1.165) is 19.6 Å². The molecule has 1 saturated heterocycles. The summed E-state index contributed by atoms with van der Waals surface area (Å²) in [6.45, 7) is 6.17. The largest absolute Gasteiger partial charge is 0.508 e. The minimum atomic E-state index is 0.00685. The third kappa shape index (κ3) is 2.26. The van der Waals surface area contributed by atoms with Crippen molar-refractivity contribution in [2.45, 2.75) is 19.9 Å². The summed E-state index contributed by atoms with van der Waals surface area (Å²) in [6.07, 6.45) is 0. The van der Waals surface area contributed by atoms with Crippen molar-refractivity contribution < 1.29 is 9.90 Å². The van der Waals surface area contributed by atoms with Gasteiger partial charge in [-0.1, -0.05) is 6.07 Å². The first-order chi connectivity index (χ1) is 8.11. The second-order valence-corrected chi connectivity index (χ2v) is 4.50. The molecule has 2 rings (SSSR count). The number of carbonyl (C=O) groups is 1. The number of nitrogens with one attached hydrogen (secondary N) is 1. The maximum Gasteiger partial charge on any atom is 0.254 e. The molecule has 0 unspecified atom stereocenters. The molecule has 17 heavy (non-hydrogen) atoms. The highest BCUT2D eigenvalue weighted by molar-refractivity contribution is 5.96. The summed E-state index contributed by atoms with van der Waals surface area (Å²) in [7, 11) is 0. The van der Waals surface area contributed by atoms with Gasteiger partial charge >= 0.3 is 0 Å². The number of benzene rings is 1. The molecular weight excluding hydrogens is 216 g/mol. The number of amides is 1. The van der Waals surface area contributed by atoms with Crippen molar-refractivity contribution in [3.05, 3.63) is 29.3 Å². The van der Waals surface area contributed by atoms with Crippen LogP contribution in [0.15, 0.2) is 18.2 Å². The van der Waals surface area contributed by atoms with Gasteiger partial charge in [-0.05, 0) is 26.0 Å². The Kier molecular flexibility index (Phi) is 3.33. The number of hydrogen-bond acceptors (Lipinski definition) is 3. The van der Waals surface area contributed by atoms with Crippen LogP contribution in [0.1, 0.15) is 22.8 Å². The molecule has 1 aromatic carbocycles. The van der Waals surface area contributed by atoms with Gasteiger partial charge < -0.3 is 15.3 Å². The number of aromatic hydroxyl groups is 1. The molecule has 0 radical (unpaired) electrons. The number of phenolic OH excluding ortho intramolecular Hbond substituents is 1. The summed E-state index contributed by atoms with van der Waals surface area (Å²) >= 11 is 0. The first kappa shape index (κ1) is 11.9. The highest BCUT2D eigenvalue weighted by atomic mass is 16.3. The van der Waals surface area contributed by atoms with Crippen molar-refractivity contribution in [2.24, 2.45) is 0 Å². The Bertz CT molecular complexity index is 431. The monoisotopic (exact) mass is 234 g/mol. The van der Waals surface area contributed by atoms with Gasteiger partial charge in [-0.25, -0.2) is 0 Å². The Balaban J connectivity index is 2.27. The van der Waals surface area contributed by atoms with Crippen LogP contribution in [0.4, 0.5) is 0 Å². The molecule has 1 aliphatic rings. The highest BCUT2D eigenvalue weighted by Crippen LogP contribution is 2.21. The zero-order valence-corrected chi connectivity index (χ0v) is 10.2. The van der Waals surface area contributed by atoms with E-state index in [-0.39, 0.29) is 17.7 Å². The molecule has 1 fully saturated rings. The van der Waals surface area contributed by atoms with Crippen molar-refractivity contribution in [3.63, 3.8) is 0 Å². The van der Waals surface area contributed by atoms with Crippen LogP contribution in [-0.2, 0) is 0 Å². The van der Waals surface area contributed by atoms with Gasteiger partial charge in [0.05, 0.1) is 0 Å². The summed E-state index contributed by atoms with van der Waals surface area (Å²) in [5.41, 5.74) is 1.25. The van der Waals surface area contributed by atoms with E-state index in [1.54, 1.807) is 25.1 Å². The van der Waals surface area contributed by atoms with E-state index < -0.39 is 0 Å². The molecule has 1 aromatic rings. The predicted octanol–water partition coefficient (Wildman–Crippen LogP) is 1.13. The third-order valence-electron chi connectivity index (χ3n) is 3.30. The van der Waals surface area contributed by atoms with E-state index >= 15 is 0 Å². The first-order valence-electron chi connectivity index (χ1n) is 5.91. The fourth-order valence-electron chi connectivity index (χ4n) is 2.15. The first-order valence-corrected chi connectivity index (χ1v) is 5.91. The van der Waals surface area contributed by atoms with E-state index in [4.69, 9.17) is 0 Å². The van der Waals surface area contributed by atoms with Crippen LogP contribution in [0.3, 0.4) is 0 Å². The molecule has 1 aliphatic heterocycles. The summed E-state index contributed by atoms with van der Waals surface area (Å²) < 4.78 is 0. The quantitative estimate of drug-likeness (QED) is 0.766. The maximum atomic E-state index is 12.4. The van der Waals surface area contributed by atoms with Crippen LogP contribution in [-0.4, -0.2) is 41.6 Å². The Hall–Kier alpha value is -1.55. The van der Waals surface area contributed by atoms with Gasteiger partial charge in [-0.3, -0.25) is 4.79 Å². The van der Waals surface area contributed by atoms with Crippen LogP contribution in [0, 0.1) is 6.92 Å². The molecule has 0 bridgehead atoms. The number of nitrogens with zero attached hydrogens (tertiary/aromatic N) is 1. The smallest absolute Gasteiger partial charge is 0.254 e. The Morgan fingerprint density at radius 3 is 3.00 bits per heavy atom. The van der Waals surface area contributed by atoms with E-state index in [2.05, 4.69) is 5.32 Å². The van der Waals surface area contributed by atoms with Crippen molar-refractivity contribution in [3.8, 4) is 5.75 Å². The Labute approximate surface area is 101 Å². The normalized spacial score (nSPS) is 20.4. The molecule has 2 N–H and O–H groups in total. The summed E-state index contributed by atoms with van der Waals surface area (Å²) in [5, 5.41) is 12.9. The number of carbonyl (C=O) groups excluding carboxylic acids is 1. The average molecular weight is 234 g/mol. The molecule has 1 amide bonds. The van der Waals surface area contributed by atoms with Crippen LogP contribution in [0.5, 0.6) is 5.75 Å². The molecule has 4 nitrogen and oxygen atoms in total. The molecule has 0 spiro atoms. The lowest BCUT2D eigenvalue weighted by Gasteiger charge is -2.34. The second kappa shape index (κ2) is 4.75. The fraction of sp³-hybridized carbons (Fsp3) is 0.462. The molecule has 0 aromatic heterocycles. The van der Waals surface area contributed by atoms with Gasteiger partial charge in [-0.2, -0.15) is 0 Å². The predicted molar refractivity (Wildman–Crippen MR) is 66.2 cm³/mol. The summed E-state index contributed by atoms with van der Waals surface area (Å²) in [6, 6.07) is 5.28. The van der Waals surface area contributed by atoms with E-state index in [1.807, 2.05) is 11.8 Å². The van der Waals surface area contributed by atoms with Crippen LogP contribution in [0.25, 0.3) is 0 Å². The van der Waals surface area contributed by atoms with E-state index in [1.165, 1.54) is 0 Å². The Morgan fingerprint density at radius 1 is 1.53 bits per heavy atom. The number of phenols is 1. The maximum absolute atomic E-state index is 12.4. The minimum Gasteiger partial charge on any atom is -0.508 e. The van der Waals surface area contributed by atoms with Crippen LogP contribution >= 0.6 is 0 Å². The molecule has 4 heteroatoms.